The van der Waals surface area contributed by atoms with Crippen molar-refractivity contribution in [3.8, 4) is 0 Å². The minimum atomic E-state index is -0.0859. The highest BCUT2D eigenvalue weighted by Gasteiger charge is 2.55. The van der Waals surface area contributed by atoms with E-state index in [1.807, 2.05) is 13.1 Å². The van der Waals surface area contributed by atoms with E-state index in [1.165, 1.54) is 18.4 Å². The second kappa shape index (κ2) is 4.33. The summed E-state index contributed by atoms with van der Waals surface area (Å²) in [5.41, 5.74) is 1.19. The minimum Gasteiger partial charge on any atom is -0.345 e. The molecule has 1 N–H and O–H groups in total. The lowest BCUT2D eigenvalue weighted by Crippen LogP contribution is -2.29. The smallest absolute Gasteiger partial charge is 0.150 e. The third-order valence-electron chi connectivity index (χ3n) is 3.12. The molecule has 1 fully saturated rings. The van der Waals surface area contributed by atoms with Crippen molar-refractivity contribution in [1.29, 1.82) is 0 Å². The van der Waals surface area contributed by atoms with Gasteiger partial charge in [0.2, 0.25) is 0 Å². The highest BCUT2D eigenvalue weighted by Crippen LogP contribution is 2.50. The van der Waals surface area contributed by atoms with Crippen molar-refractivity contribution in [1.82, 2.24) is 5.32 Å². The molecule has 0 saturated carbocycles. The van der Waals surface area contributed by atoms with E-state index in [1.54, 1.807) is 0 Å². The van der Waals surface area contributed by atoms with Gasteiger partial charge < -0.3 is 4.74 Å². The standard InChI is InChI=1S/C13H19NO/c1-3-4-10-13(14-2)12(15-13)11-8-6-5-7-9-11/h5-9,12,14H,3-4,10H2,1-2H3. The largest absolute Gasteiger partial charge is 0.345 e. The van der Waals surface area contributed by atoms with Crippen LogP contribution >= 0.6 is 0 Å². The lowest BCUT2D eigenvalue weighted by atomic mass is 10.0. The van der Waals surface area contributed by atoms with Crippen LogP contribution in [-0.2, 0) is 4.74 Å². The molecule has 1 aromatic rings. The first-order valence-electron chi connectivity index (χ1n) is 5.74. The fourth-order valence-corrected chi connectivity index (χ4v) is 2.09. The molecule has 1 heterocycles. The summed E-state index contributed by atoms with van der Waals surface area (Å²) in [5, 5.41) is 3.31. The predicted octanol–water partition coefficient (Wildman–Crippen LogP) is 2.86. The molecule has 0 aromatic heterocycles. The number of hydrogen-bond donors (Lipinski definition) is 1. The Morgan fingerprint density at radius 2 is 2.07 bits per heavy atom. The fraction of sp³-hybridized carbons (Fsp3) is 0.538. The van der Waals surface area contributed by atoms with Crippen LogP contribution in [0, 0.1) is 0 Å². The van der Waals surface area contributed by atoms with E-state index < -0.39 is 0 Å². The average molecular weight is 205 g/mol. The monoisotopic (exact) mass is 205 g/mol. The Bertz CT molecular complexity index is 312. The summed E-state index contributed by atoms with van der Waals surface area (Å²) in [7, 11) is 1.98. The summed E-state index contributed by atoms with van der Waals surface area (Å²) in [6.45, 7) is 2.21. The van der Waals surface area contributed by atoms with Crippen molar-refractivity contribution in [3.05, 3.63) is 35.9 Å². The maximum Gasteiger partial charge on any atom is 0.150 e. The highest BCUT2D eigenvalue weighted by atomic mass is 16.6. The van der Waals surface area contributed by atoms with E-state index in [2.05, 4.69) is 36.5 Å². The topological polar surface area (TPSA) is 24.6 Å². The first-order valence-corrected chi connectivity index (χ1v) is 5.74. The number of likely N-dealkylation sites (N-methyl/N-ethyl adjacent to an activating group) is 1. The number of hydrogen-bond acceptors (Lipinski definition) is 2. The van der Waals surface area contributed by atoms with E-state index in [0.29, 0.717) is 0 Å². The highest BCUT2D eigenvalue weighted by molar-refractivity contribution is 5.25. The normalized spacial score (nSPS) is 29.1. The Morgan fingerprint density at radius 3 is 2.67 bits per heavy atom. The molecule has 0 radical (unpaired) electrons. The fourth-order valence-electron chi connectivity index (χ4n) is 2.09. The maximum absolute atomic E-state index is 5.83. The molecule has 1 aromatic carbocycles. The second-order valence-electron chi connectivity index (χ2n) is 4.15. The van der Waals surface area contributed by atoms with E-state index in [4.69, 9.17) is 4.74 Å². The van der Waals surface area contributed by atoms with Crippen LogP contribution in [0.25, 0.3) is 0 Å². The van der Waals surface area contributed by atoms with Gasteiger partial charge in [-0.05, 0) is 25.5 Å². The molecule has 0 aliphatic carbocycles. The van der Waals surface area contributed by atoms with Gasteiger partial charge in [0, 0.05) is 0 Å². The number of rotatable bonds is 5. The SMILES string of the molecule is CCCCC1(NC)OC1c1ccccc1. The Labute approximate surface area is 91.6 Å². The third kappa shape index (κ3) is 2.06. The van der Waals surface area contributed by atoms with Crippen LogP contribution in [0.3, 0.4) is 0 Å². The van der Waals surface area contributed by atoms with Crippen molar-refractivity contribution >= 4 is 0 Å². The van der Waals surface area contributed by atoms with Gasteiger partial charge in [-0.1, -0.05) is 43.7 Å². The quantitative estimate of drug-likeness (QED) is 0.747. The molecule has 1 aliphatic heterocycles. The van der Waals surface area contributed by atoms with Gasteiger partial charge in [-0.2, -0.15) is 0 Å². The van der Waals surface area contributed by atoms with Gasteiger partial charge >= 0.3 is 0 Å². The van der Waals surface area contributed by atoms with Crippen LogP contribution in [-0.4, -0.2) is 12.8 Å². The van der Waals surface area contributed by atoms with E-state index >= 15 is 0 Å². The predicted molar refractivity (Wildman–Crippen MR) is 61.6 cm³/mol. The van der Waals surface area contributed by atoms with Gasteiger partial charge in [0.1, 0.15) is 6.10 Å². The Morgan fingerprint density at radius 1 is 1.33 bits per heavy atom. The number of epoxide rings is 1. The number of nitrogens with one attached hydrogen (secondary N) is 1. The van der Waals surface area contributed by atoms with Crippen LogP contribution in [0.1, 0.15) is 37.9 Å². The van der Waals surface area contributed by atoms with Crippen LogP contribution in [0.2, 0.25) is 0 Å². The zero-order valence-corrected chi connectivity index (χ0v) is 9.49. The first-order chi connectivity index (χ1) is 7.32. The van der Waals surface area contributed by atoms with Crippen LogP contribution < -0.4 is 5.32 Å². The number of benzene rings is 1. The molecule has 2 atom stereocenters. The summed E-state index contributed by atoms with van der Waals surface area (Å²) in [4.78, 5) is 0. The van der Waals surface area contributed by atoms with Gasteiger partial charge in [-0.15, -0.1) is 0 Å². The molecule has 15 heavy (non-hydrogen) atoms. The summed E-state index contributed by atoms with van der Waals surface area (Å²) in [5.74, 6) is 0. The Balaban J connectivity index is 2.03. The Kier molecular flexibility index (Phi) is 3.08. The first kappa shape index (κ1) is 10.7. The molecular formula is C13H19NO. The molecule has 2 heteroatoms. The Hall–Kier alpha value is -0.860. The second-order valence-corrected chi connectivity index (χ2v) is 4.15. The molecule has 0 bridgehead atoms. The van der Waals surface area contributed by atoms with Crippen molar-refractivity contribution < 1.29 is 4.74 Å². The van der Waals surface area contributed by atoms with Gasteiger partial charge in [0.05, 0.1) is 0 Å². The summed E-state index contributed by atoms with van der Waals surface area (Å²) < 4.78 is 5.83. The van der Waals surface area contributed by atoms with Gasteiger partial charge in [0.15, 0.2) is 5.72 Å². The van der Waals surface area contributed by atoms with Crippen molar-refractivity contribution in [2.75, 3.05) is 7.05 Å². The van der Waals surface area contributed by atoms with Crippen molar-refractivity contribution in [3.63, 3.8) is 0 Å². The molecule has 0 spiro atoms. The molecule has 1 saturated heterocycles. The van der Waals surface area contributed by atoms with Crippen molar-refractivity contribution in [2.45, 2.75) is 38.0 Å². The lowest BCUT2D eigenvalue weighted by molar-refractivity contribution is 0.245. The number of unbranched alkanes of at least 4 members (excludes halogenated alkanes) is 1. The molecule has 0 amide bonds. The average Bonchev–Trinajstić information content (AvgIpc) is 3.03. The van der Waals surface area contributed by atoms with Gasteiger partial charge in [0.25, 0.3) is 0 Å². The van der Waals surface area contributed by atoms with Crippen molar-refractivity contribution in [2.24, 2.45) is 0 Å². The van der Waals surface area contributed by atoms with Crippen LogP contribution in [0.4, 0.5) is 0 Å². The van der Waals surface area contributed by atoms with E-state index in [0.717, 1.165) is 6.42 Å². The summed E-state index contributed by atoms with van der Waals surface area (Å²) >= 11 is 0. The molecule has 1 aliphatic rings. The zero-order chi connectivity index (χ0) is 10.7. The van der Waals surface area contributed by atoms with Crippen LogP contribution in [0.5, 0.6) is 0 Å². The van der Waals surface area contributed by atoms with Gasteiger partial charge in [-0.25, -0.2) is 0 Å². The lowest BCUT2D eigenvalue weighted by Gasteiger charge is -2.10. The summed E-state index contributed by atoms with van der Waals surface area (Å²) in [6.07, 6.45) is 3.77. The van der Waals surface area contributed by atoms with E-state index in [-0.39, 0.29) is 11.8 Å². The minimum absolute atomic E-state index is 0.0859. The molecular weight excluding hydrogens is 186 g/mol. The third-order valence-corrected chi connectivity index (χ3v) is 3.12. The molecule has 82 valence electrons. The van der Waals surface area contributed by atoms with Gasteiger partial charge in [-0.3, -0.25) is 5.32 Å². The van der Waals surface area contributed by atoms with Crippen LogP contribution in [0.15, 0.2) is 30.3 Å². The number of ether oxygens (including phenoxy) is 1. The van der Waals surface area contributed by atoms with E-state index in [9.17, 15) is 0 Å². The summed E-state index contributed by atoms with van der Waals surface area (Å²) in [6, 6.07) is 10.4. The molecule has 2 unspecified atom stereocenters. The molecule has 2 rings (SSSR count). The maximum atomic E-state index is 5.83. The molecule has 2 nitrogen and oxygen atoms in total. The zero-order valence-electron chi connectivity index (χ0n) is 9.49.